The molecular weight excluding hydrogens is 427 g/mol. The van der Waals surface area contributed by atoms with E-state index in [4.69, 9.17) is 4.98 Å². The number of likely N-dealkylation sites (N-methyl/N-ethyl adjacent to an activating group) is 1. The van der Waals surface area contributed by atoms with E-state index < -0.39 is 0 Å². The molecule has 1 aliphatic rings. The number of anilines is 2. The summed E-state index contributed by atoms with van der Waals surface area (Å²) in [4.78, 5) is 23.0. The van der Waals surface area contributed by atoms with Gasteiger partial charge in [-0.25, -0.2) is 4.39 Å². The van der Waals surface area contributed by atoms with E-state index in [1.807, 2.05) is 26.4 Å². The molecule has 1 atom stereocenters. The van der Waals surface area contributed by atoms with Crippen LogP contribution >= 0.6 is 13.5 Å². The van der Waals surface area contributed by atoms with E-state index >= 15 is 0 Å². The van der Waals surface area contributed by atoms with Gasteiger partial charge in [0, 0.05) is 30.7 Å². The minimum atomic E-state index is -0.329. The molecule has 0 radical (unpaired) electrons. The van der Waals surface area contributed by atoms with Crippen molar-refractivity contribution >= 4 is 30.8 Å². The van der Waals surface area contributed by atoms with Crippen molar-refractivity contribution in [1.29, 1.82) is 0 Å². The molecule has 0 unspecified atom stereocenters. The number of hydrogen-bond acceptors (Lipinski definition) is 5. The predicted octanol–water partition coefficient (Wildman–Crippen LogP) is 3.48. The predicted molar refractivity (Wildman–Crippen MR) is 128 cm³/mol. The molecule has 9 heteroatoms. The van der Waals surface area contributed by atoms with E-state index in [9.17, 15) is 9.18 Å². The lowest BCUT2D eigenvalue weighted by molar-refractivity contribution is -0.118. The second kappa shape index (κ2) is 9.68. The summed E-state index contributed by atoms with van der Waals surface area (Å²) in [5, 5.41) is 7.39. The van der Waals surface area contributed by atoms with Gasteiger partial charge in [0.05, 0.1) is 36.0 Å². The first-order chi connectivity index (χ1) is 14.8. The molecule has 32 heavy (non-hydrogen) atoms. The van der Waals surface area contributed by atoms with Gasteiger partial charge in [0.15, 0.2) is 0 Å². The Morgan fingerprint density at radius 3 is 2.75 bits per heavy atom. The Balaban J connectivity index is 0.00000289. The molecule has 0 saturated carbocycles. The highest BCUT2D eigenvalue weighted by Crippen LogP contribution is 2.35. The van der Waals surface area contributed by atoms with Gasteiger partial charge >= 0.3 is 0 Å². The second-order valence-electron chi connectivity index (χ2n) is 8.40. The third kappa shape index (κ3) is 4.77. The molecule has 170 valence electrons. The van der Waals surface area contributed by atoms with Gasteiger partial charge in [-0.05, 0) is 43.4 Å². The zero-order valence-electron chi connectivity index (χ0n) is 18.8. The van der Waals surface area contributed by atoms with E-state index in [1.54, 1.807) is 16.9 Å². The number of halogens is 1. The molecule has 4 rings (SSSR count). The van der Waals surface area contributed by atoms with Gasteiger partial charge in [0.2, 0.25) is 5.91 Å². The first-order valence-corrected chi connectivity index (χ1v) is 10.5. The van der Waals surface area contributed by atoms with Crippen LogP contribution in [0.25, 0.3) is 0 Å². The highest BCUT2D eigenvalue weighted by Gasteiger charge is 2.34. The quantitative estimate of drug-likeness (QED) is 0.615. The number of carbonyl (C=O) groups excluding carboxylic acids is 1. The van der Waals surface area contributed by atoms with Crippen molar-refractivity contribution < 1.29 is 9.18 Å². The molecule has 1 aliphatic heterocycles. The van der Waals surface area contributed by atoms with Crippen LogP contribution in [0.2, 0.25) is 0 Å². The summed E-state index contributed by atoms with van der Waals surface area (Å²) >= 11 is 0. The Bertz CT molecular complexity index is 1120. The minimum absolute atomic E-state index is 0. The number of rotatable bonds is 6. The van der Waals surface area contributed by atoms with Gasteiger partial charge in [-0.2, -0.15) is 18.6 Å². The van der Waals surface area contributed by atoms with Crippen molar-refractivity contribution in [1.82, 2.24) is 19.7 Å². The number of aromatic nitrogens is 4. The number of fused-ring (bicyclic) bond motifs is 1. The summed E-state index contributed by atoms with van der Waals surface area (Å²) in [7, 11) is 1.97. The number of nitrogens with one attached hydrogen (secondary N) is 1. The van der Waals surface area contributed by atoms with Crippen LogP contribution < -0.4 is 10.2 Å². The number of aryl methyl sites for hydroxylation is 3. The summed E-state index contributed by atoms with van der Waals surface area (Å²) in [5.74, 6) is -0.115. The Morgan fingerprint density at radius 2 is 2.03 bits per heavy atom. The minimum Gasteiger partial charge on any atom is -0.361 e. The van der Waals surface area contributed by atoms with Crippen molar-refractivity contribution in [2.45, 2.75) is 46.2 Å². The van der Waals surface area contributed by atoms with Crippen molar-refractivity contribution in [3.63, 3.8) is 0 Å². The van der Waals surface area contributed by atoms with E-state index in [-0.39, 0.29) is 37.2 Å². The summed E-state index contributed by atoms with van der Waals surface area (Å²) in [6.07, 6.45) is 8.06. The lowest BCUT2D eigenvalue weighted by atomic mass is 9.97. The molecule has 7 nitrogen and oxygen atoms in total. The molecule has 0 spiro atoms. The lowest BCUT2D eigenvalue weighted by Crippen LogP contribution is -2.49. The number of carbonyl (C=O) groups is 1. The Labute approximate surface area is 194 Å². The first kappa shape index (κ1) is 23.7. The van der Waals surface area contributed by atoms with Crippen LogP contribution in [0.5, 0.6) is 0 Å². The van der Waals surface area contributed by atoms with Crippen molar-refractivity contribution in [2.75, 3.05) is 17.3 Å². The van der Waals surface area contributed by atoms with Gasteiger partial charge in [0.1, 0.15) is 11.9 Å². The number of amides is 1. The lowest BCUT2D eigenvalue weighted by Gasteiger charge is -2.38. The van der Waals surface area contributed by atoms with Crippen LogP contribution in [-0.4, -0.2) is 38.7 Å². The molecule has 0 bridgehead atoms. The van der Waals surface area contributed by atoms with Crippen LogP contribution in [0.15, 0.2) is 36.9 Å². The number of hydrogen-bond donors (Lipinski definition) is 1. The Morgan fingerprint density at radius 1 is 1.25 bits per heavy atom. The fourth-order valence-electron chi connectivity index (χ4n) is 4.15. The fraction of sp³-hybridized carbons (Fsp3) is 0.391. The van der Waals surface area contributed by atoms with Gasteiger partial charge in [-0.1, -0.05) is 13.8 Å². The molecule has 0 fully saturated rings. The van der Waals surface area contributed by atoms with Crippen LogP contribution in [0.1, 0.15) is 36.4 Å². The number of pyridine rings is 2. The van der Waals surface area contributed by atoms with Crippen molar-refractivity contribution in [3.8, 4) is 0 Å². The van der Waals surface area contributed by atoms with Gasteiger partial charge in [0.25, 0.3) is 0 Å². The zero-order valence-corrected chi connectivity index (χ0v) is 19.8. The third-order valence-corrected chi connectivity index (χ3v) is 5.72. The Kier molecular flexibility index (Phi) is 7.18. The maximum atomic E-state index is 13.8. The van der Waals surface area contributed by atoms with Crippen LogP contribution in [0.3, 0.4) is 0 Å². The molecule has 0 aliphatic carbocycles. The summed E-state index contributed by atoms with van der Waals surface area (Å²) in [6.45, 7) is 6.39. The smallest absolute Gasteiger partial charge is 0.247 e. The monoisotopic (exact) mass is 456 g/mol. The second-order valence-corrected chi connectivity index (χ2v) is 8.40. The molecule has 1 amide bonds. The van der Waals surface area contributed by atoms with Crippen molar-refractivity contribution in [3.05, 3.63) is 65.3 Å². The molecule has 3 aromatic heterocycles. The molecule has 4 heterocycles. The summed E-state index contributed by atoms with van der Waals surface area (Å²) in [5.41, 5.74) is 5.20. The van der Waals surface area contributed by atoms with Gasteiger partial charge < -0.3 is 10.2 Å². The fourth-order valence-corrected chi connectivity index (χ4v) is 4.15. The topological polar surface area (TPSA) is 75.9 Å². The van der Waals surface area contributed by atoms with Crippen molar-refractivity contribution in [2.24, 2.45) is 5.92 Å². The molecule has 0 saturated heterocycles. The van der Waals surface area contributed by atoms with E-state index in [0.29, 0.717) is 12.1 Å². The average Bonchev–Trinajstić information content (AvgIpc) is 3.16. The Hall–Kier alpha value is -2.94. The average molecular weight is 457 g/mol. The first-order valence-electron chi connectivity index (χ1n) is 10.5. The normalized spacial score (nSPS) is 15.4. The standard InChI is InChI=1S/C23H27FN6O.H2S/c1-14(2)22-23(31)28-21-15(3)27-18(9-20(21)29(22)4)6-5-16-10-26-30(12-16)13-17-7-8-25-11-19(17)24;/h7-12,14,22H,5-6,13H2,1-4H3,(H,28,31);1H2/t22-;/m0./s1. The SMILES string of the molecule is Cc1nc(CCc2cnn(Cc3ccncc3F)c2)cc2c1NC(=O)[C@H](C(C)C)N2C.S. The van der Waals surface area contributed by atoms with E-state index in [0.717, 1.165) is 41.2 Å². The molecule has 3 aromatic rings. The molecule has 0 aromatic carbocycles. The van der Waals surface area contributed by atoms with Crippen LogP contribution in [-0.2, 0) is 24.2 Å². The largest absolute Gasteiger partial charge is 0.361 e. The van der Waals surface area contributed by atoms with Crippen LogP contribution in [0, 0.1) is 18.7 Å². The van der Waals surface area contributed by atoms with Gasteiger partial charge in [-0.3, -0.25) is 19.4 Å². The third-order valence-electron chi connectivity index (χ3n) is 5.72. The number of nitrogens with zero attached hydrogens (tertiary/aromatic N) is 5. The van der Waals surface area contributed by atoms with E-state index in [1.165, 1.54) is 6.20 Å². The maximum absolute atomic E-state index is 13.8. The van der Waals surface area contributed by atoms with E-state index in [2.05, 4.69) is 40.2 Å². The maximum Gasteiger partial charge on any atom is 0.247 e. The summed E-state index contributed by atoms with van der Waals surface area (Å²) < 4.78 is 15.6. The molecule has 1 N–H and O–H groups in total. The zero-order chi connectivity index (χ0) is 22.1. The van der Waals surface area contributed by atoms with Crippen LogP contribution in [0.4, 0.5) is 15.8 Å². The molecular formula is C23H29FN6OS. The highest BCUT2D eigenvalue weighted by molar-refractivity contribution is 7.59. The van der Waals surface area contributed by atoms with Gasteiger partial charge in [-0.15, -0.1) is 0 Å². The summed E-state index contributed by atoms with van der Waals surface area (Å²) in [6, 6.07) is 3.53. The highest BCUT2D eigenvalue weighted by atomic mass is 32.1.